The first-order valence-corrected chi connectivity index (χ1v) is 8.46. The fraction of sp³-hybridized carbons (Fsp3) is 0.300. The normalized spacial score (nSPS) is 10.2. The van der Waals surface area contributed by atoms with Crippen LogP contribution in [-0.2, 0) is 9.53 Å². The fourth-order valence-corrected chi connectivity index (χ4v) is 2.23. The number of nitrogens with one attached hydrogen (secondary N) is 2. The summed E-state index contributed by atoms with van der Waals surface area (Å²) in [6.07, 6.45) is 1.85. The van der Waals surface area contributed by atoms with Crippen molar-refractivity contribution in [2.24, 2.45) is 0 Å². The number of benzene rings is 2. The smallest absolute Gasteiger partial charge is 0.338 e. The van der Waals surface area contributed by atoms with Gasteiger partial charge in [-0.2, -0.15) is 0 Å². The Bertz CT molecular complexity index is 711. The Morgan fingerprint density at radius 2 is 1.80 bits per heavy atom. The third-order valence-corrected chi connectivity index (χ3v) is 3.61. The number of anilines is 2. The number of carbonyl (C=O) groups excluding carboxylic acids is 2. The molecule has 0 spiro atoms. The van der Waals surface area contributed by atoms with Gasteiger partial charge in [-0.25, -0.2) is 4.79 Å². The van der Waals surface area contributed by atoms with Crippen LogP contribution in [0.1, 0.15) is 35.7 Å². The number of hydrogen-bond donors (Lipinski definition) is 2. The summed E-state index contributed by atoms with van der Waals surface area (Å²) in [6, 6.07) is 14.5. The molecular weight excluding hydrogens is 316 g/mol. The third-order valence-electron chi connectivity index (χ3n) is 3.61. The molecule has 0 bridgehead atoms. The molecule has 0 unspecified atom stereocenters. The Kier molecular flexibility index (Phi) is 7.01. The van der Waals surface area contributed by atoms with Crippen LogP contribution < -0.4 is 10.6 Å². The van der Waals surface area contributed by atoms with Gasteiger partial charge in [-0.15, -0.1) is 0 Å². The third kappa shape index (κ3) is 6.30. The lowest BCUT2D eigenvalue weighted by atomic mass is 10.2. The molecule has 5 heteroatoms. The lowest BCUT2D eigenvalue weighted by molar-refractivity contribution is -0.114. The summed E-state index contributed by atoms with van der Waals surface area (Å²) in [7, 11) is 0. The number of unbranched alkanes of at least 4 members (excludes halogenated alkanes) is 1. The van der Waals surface area contributed by atoms with E-state index in [0.717, 1.165) is 29.8 Å². The monoisotopic (exact) mass is 340 g/mol. The van der Waals surface area contributed by atoms with E-state index >= 15 is 0 Å². The molecule has 2 aromatic rings. The van der Waals surface area contributed by atoms with Crippen LogP contribution in [0.15, 0.2) is 48.5 Å². The Labute approximate surface area is 148 Å². The Balaban J connectivity index is 1.80. The number of carbonyl (C=O) groups is 2. The molecule has 0 radical (unpaired) electrons. The van der Waals surface area contributed by atoms with Crippen LogP contribution in [-0.4, -0.2) is 25.0 Å². The van der Waals surface area contributed by atoms with Crippen molar-refractivity contribution in [1.29, 1.82) is 0 Å². The number of ether oxygens (including phenoxy) is 1. The molecule has 2 N–H and O–H groups in total. The first kappa shape index (κ1) is 18.5. The number of amides is 1. The topological polar surface area (TPSA) is 67.4 Å². The molecule has 2 aromatic carbocycles. The van der Waals surface area contributed by atoms with Gasteiger partial charge in [0.2, 0.25) is 5.91 Å². The molecule has 0 atom stereocenters. The van der Waals surface area contributed by atoms with Gasteiger partial charge in [0.15, 0.2) is 0 Å². The van der Waals surface area contributed by atoms with Crippen molar-refractivity contribution in [1.82, 2.24) is 0 Å². The van der Waals surface area contributed by atoms with Crippen LogP contribution in [0.5, 0.6) is 0 Å². The van der Waals surface area contributed by atoms with Gasteiger partial charge >= 0.3 is 5.97 Å². The molecule has 5 nitrogen and oxygen atoms in total. The highest BCUT2D eigenvalue weighted by Gasteiger charge is 2.07. The van der Waals surface area contributed by atoms with E-state index in [9.17, 15) is 9.59 Å². The molecule has 0 aliphatic carbocycles. The van der Waals surface area contributed by atoms with Crippen molar-refractivity contribution in [2.75, 3.05) is 23.8 Å². The maximum atomic E-state index is 12.0. The number of aryl methyl sites for hydroxylation is 1. The van der Waals surface area contributed by atoms with Crippen molar-refractivity contribution < 1.29 is 14.3 Å². The van der Waals surface area contributed by atoms with Crippen molar-refractivity contribution in [3.63, 3.8) is 0 Å². The first-order chi connectivity index (χ1) is 12.1. The van der Waals surface area contributed by atoms with E-state index in [2.05, 4.69) is 10.6 Å². The van der Waals surface area contributed by atoms with Crippen molar-refractivity contribution in [2.45, 2.75) is 26.7 Å². The van der Waals surface area contributed by atoms with Crippen LogP contribution in [0.4, 0.5) is 11.4 Å². The van der Waals surface area contributed by atoms with Crippen LogP contribution in [0.2, 0.25) is 0 Å². The van der Waals surface area contributed by atoms with Crippen LogP contribution >= 0.6 is 0 Å². The lowest BCUT2D eigenvalue weighted by Crippen LogP contribution is -2.21. The molecule has 0 saturated heterocycles. The Morgan fingerprint density at radius 1 is 1.04 bits per heavy atom. The van der Waals surface area contributed by atoms with E-state index in [1.54, 1.807) is 24.3 Å². The second kappa shape index (κ2) is 9.47. The summed E-state index contributed by atoms with van der Waals surface area (Å²) in [5.74, 6) is -0.453. The van der Waals surface area contributed by atoms with Gasteiger partial charge in [0, 0.05) is 11.4 Å². The largest absolute Gasteiger partial charge is 0.462 e. The second-order valence-corrected chi connectivity index (χ2v) is 5.84. The van der Waals surface area contributed by atoms with Crippen molar-refractivity contribution in [3.05, 3.63) is 59.7 Å². The molecular formula is C20H24N2O3. The molecule has 2 rings (SSSR count). The van der Waals surface area contributed by atoms with Crippen LogP contribution in [0.3, 0.4) is 0 Å². The van der Waals surface area contributed by atoms with Gasteiger partial charge in [-0.05, 0) is 55.3 Å². The van der Waals surface area contributed by atoms with Gasteiger partial charge in [-0.1, -0.05) is 25.5 Å². The Morgan fingerprint density at radius 3 is 2.48 bits per heavy atom. The Hall–Kier alpha value is -2.82. The molecule has 0 aliphatic heterocycles. The molecule has 1 amide bonds. The average molecular weight is 340 g/mol. The zero-order chi connectivity index (χ0) is 18.1. The van der Waals surface area contributed by atoms with Gasteiger partial charge in [0.25, 0.3) is 0 Å². The molecule has 0 aromatic heterocycles. The lowest BCUT2D eigenvalue weighted by Gasteiger charge is -2.09. The summed E-state index contributed by atoms with van der Waals surface area (Å²) >= 11 is 0. The highest BCUT2D eigenvalue weighted by molar-refractivity contribution is 5.94. The summed E-state index contributed by atoms with van der Waals surface area (Å²) in [4.78, 5) is 23.8. The van der Waals surface area contributed by atoms with E-state index in [4.69, 9.17) is 4.74 Å². The number of esters is 1. The van der Waals surface area contributed by atoms with Gasteiger partial charge in [0.05, 0.1) is 18.7 Å². The highest BCUT2D eigenvalue weighted by Crippen LogP contribution is 2.12. The molecule has 132 valence electrons. The molecule has 0 aliphatic rings. The fourth-order valence-electron chi connectivity index (χ4n) is 2.23. The summed E-state index contributed by atoms with van der Waals surface area (Å²) in [5.41, 5.74) is 3.14. The highest BCUT2D eigenvalue weighted by atomic mass is 16.5. The average Bonchev–Trinajstić information content (AvgIpc) is 2.60. The summed E-state index contributed by atoms with van der Waals surface area (Å²) in [6.45, 7) is 4.61. The number of rotatable bonds is 8. The van der Waals surface area contributed by atoms with Crippen molar-refractivity contribution >= 4 is 23.3 Å². The standard InChI is InChI=1S/C20H24N2O3/c1-3-4-12-25-20(24)16-8-10-17(11-9-16)21-14-19(23)22-18-7-5-6-15(2)13-18/h5-11,13,21H,3-4,12,14H2,1-2H3,(H,22,23). The molecule has 0 saturated carbocycles. The van der Waals surface area contributed by atoms with Crippen LogP contribution in [0.25, 0.3) is 0 Å². The summed E-state index contributed by atoms with van der Waals surface area (Å²) < 4.78 is 5.16. The van der Waals surface area contributed by atoms with Gasteiger partial charge < -0.3 is 15.4 Å². The maximum absolute atomic E-state index is 12.0. The van der Waals surface area contributed by atoms with Crippen LogP contribution in [0, 0.1) is 6.92 Å². The van der Waals surface area contributed by atoms with E-state index in [1.807, 2.05) is 38.1 Å². The zero-order valence-electron chi connectivity index (χ0n) is 14.7. The quantitative estimate of drug-likeness (QED) is 0.563. The molecule has 0 fully saturated rings. The van der Waals surface area contributed by atoms with Crippen molar-refractivity contribution in [3.8, 4) is 0 Å². The maximum Gasteiger partial charge on any atom is 0.338 e. The van der Waals surface area contributed by atoms with Gasteiger partial charge in [-0.3, -0.25) is 4.79 Å². The van der Waals surface area contributed by atoms with Gasteiger partial charge in [0.1, 0.15) is 0 Å². The van der Waals surface area contributed by atoms with E-state index in [0.29, 0.717) is 12.2 Å². The summed E-state index contributed by atoms with van der Waals surface area (Å²) in [5, 5.41) is 5.87. The first-order valence-electron chi connectivity index (χ1n) is 8.46. The minimum atomic E-state index is -0.322. The minimum absolute atomic E-state index is 0.131. The van der Waals surface area contributed by atoms with E-state index in [1.165, 1.54) is 0 Å². The zero-order valence-corrected chi connectivity index (χ0v) is 14.7. The predicted octanol–water partition coefficient (Wildman–Crippen LogP) is 4.00. The second-order valence-electron chi connectivity index (χ2n) is 5.84. The predicted molar refractivity (Wildman–Crippen MR) is 99.9 cm³/mol. The number of hydrogen-bond acceptors (Lipinski definition) is 4. The van der Waals surface area contributed by atoms with E-state index < -0.39 is 0 Å². The molecule has 25 heavy (non-hydrogen) atoms. The molecule has 0 heterocycles. The van der Waals surface area contributed by atoms with E-state index in [-0.39, 0.29) is 18.4 Å². The minimum Gasteiger partial charge on any atom is -0.462 e. The SMILES string of the molecule is CCCCOC(=O)c1ccc(NCC(=O)Nc2cccc(C)c2)cc1.